The molecule has 2 heterocycles. The molecule has 5 heteroatoms. The van der Waals surface area contributed by atoms with Gasteiger partial charge < -0.3 is 9.64 Å². The van der Waals surface area contributed by atoms with Crippen molar-refractivity contribution in [3.63, 3.8) is 0 Å². The van der Waals surface area contributed by atoms with Crippen molar-refractivity contribution in [3.8, 4) is 5.88 Å². The van der Waals surface area contributed by atoms with Crippen molar-refractivity contribution in [3.05, 3.63) is 23.4 Å². The normalized spacial score (nSPS) is 20.2. The number of carbonyl (C=O) groups is 1. The van der Waals surface area contributed by atoms with Crippen LogP contribution < -0.4 is 4.74 Å². The van der Waals surface area contributed by atoms with Gasteiger partial charge in [-0.05, 0) is 18.9 Å². The van der Waals surface area contributed by atoms with E-state index >= 15 is 0 Å². The van der Waals surface area contributed by atoms with Crippen molar-refractivity contribution in [2.75, 3.05) is 13.1 Å². The Hall–Kier alpha value is -1.29. The molecule has 0 atom stereocenters. The highest BCUT2D eigenvalue weighted by atomic mass is 35.5. The van der Waals surface area contributed by atoms with Crippen molar-refractivity contribution in [2.24, 2.45) is 5.92 Å². The van der Waals surface area contributed by atoms with Gasteiger partial charge in [-0.2, -0.15) is 0 Å². The number of ether oxygens (including phenoxy) is 1. The molecular formula is C13H15ClN2O2. The first-order valence-corrected chi connectivity index (χ1v) is 6.67. The van der Waals surface area contributed by atoms with Crippen LogP contribution in [-0.2, 0) is 4.79 Å². The van der Waals surface area contributed by atoms with Gasteiger partial charge in [-0.25, -0.2) is 4.98 Å². The monoisotopic (exact) mass is 266 g/mol. The SMILES string of the molecule is O=C(C1CCC1)N1CC(Oc2ccc(Cl)cn2)C1. The summed E-state index contributed by atoms with van der Waals surface area (Å²) in [5.74, 6) is 1.14. The molecule has 1 saturated heterocycles. The molecular weight excluding hydrogens is 252 g/mol. The molecule has 1 saturated carbocycles. The third kappa shape index (κ3) is 2.29. The zero-order valence-electron chi connectivity index (χ0n) is 10.0. The lowest BCUT2D eigenvalue weighted by atomic mass is 9.83. The Bertz CT molecular complexity index is 439. The molecule has 0 radical (unpaired) electrons. The van der Waals surface area contributed by atoms with E-state index in [1.807, 2.05) is 4.90 Å². The van der Waals surface area contributed by atoms with Gasteiger partial charge in [-0.15, -0.1) is 0 Å². The highest BCUT2D eigenvalue weighted by Gasteiger charge is 2.37. The first-order valence-electron chi connectivity index (χ1n) is 6.29. The Morgan fingerprint density at radius 1 is 1.39 bits per heavy atom. The molecule has 4 nitrogen and oxygen atoms in total. The molecule has 2 aliphatic rings. The Balaban J connectivity index is 1.47. The van der Waals surface area contributed by atoms with E-state index in [1.54, 1.807) is 18.3 Å². The topological polar surface area (TPSA) is 42.4 Å². The molecule has 96 valence electrons. The molecule has 0 N–H and O–H groups in total. The van der Waals surface area contributed by atoms with Crippen LogP contribution in [0.1, 0.15) is 19.3 Å². The van der Waals surface area contributed by atoms with E-state index in [0.29, 0.717) is 29.9 Å². The number of rotatable bonds is 3. The molecule has 1 aliphatic heterocycles. The smallest absolute Gasteiger partial charge is 0.225 e. The summed E-state index contributed by atoms with van der Waals surface area (Å²) in [6.07, 6.45) is 4.94. The van der Waals surface area contributed by atoms with Crippen molar-refractivity contribution in [1.29, 1.82) is 0 Å². The van der Waals surface area contributed by atoms with Crippen molar-refractivity contribution < 1.29 is 9.53 Å². The Morgan fingerprint density at radius 3 is 2.72 bits per heavy atom. The maximum absolute atomic E-state index is 11.9. The highest BCUT2D eigenvalue weighted by molar-refractivity contribution is 6.30. The number of likely N-dealkylation sites (tertiary alicyclic amines) is 1. The number of halogens is 1. The van der Waals surface area contributed by atoms with Crippen LogP contribution in [0.25, 0.3) is 0 Å². The third-order valence-corrected chi connectivity index (χ3v) is 3.83. The summed E-state index contributed by atoms with van der Waals surface area (Å²) >= 11 is 5.75. The van der Waals surface area contributed by atoms with E-state index in [2.05, 4.69) is 4.98 Å². The maximum Gasteiger partial charge on any atom is 0.225 e. The largest absolute Gasteiger partial charge is 0.471 e. The predicted molar refractivity (Wildman–Crippen MR) is 67.6 cm³/mol. The number of pyridine rings is 1. The quantitative estimate of drug-likeness (QED) is 0.842. The van der Waals surface area contributed by atoms with Gasteiger partial charge in [-0.1, -0.05) is 18.0 Å². The van der Waals surface area contributed by atoms with Gasteiger partial charge in [0, 0.05) is 18.2 Å². The molecule has 0 aromatic carbocycles. The second-order valence-corrected chi connectivity index (χ2v) is 5.36. The average Bonchev–Trinajstić information content (AvgIpc) is 2.22. The van der Waals surface area contributed by atoms with Crippen LogP contribution in [0.15, 0.2) is 18.3 Å². The molecule has 1 aliphatic carbocycles. The van der Waals surface area contributed by atoms with Gasteiger partial charge in [0.2, 0.25) is 11.8 Å². The average molecular weight is 267 g/mol. The van der Waals surface area contributed by atoms with Crippen molar-refractivity contribution in [1.82, 2.24) is 9.88 Å². The second kappa shape index (κ2) is 4.76. The number of hydrogen-bond donors (Lipinski definition) is 0. The minimum atomic E-state index is 0.0719. The van der Waals surface area contributed by atoms with Crippen LogP contribution in [0.4, 0.5) is 0 Å². The fourth-order valence-electron chi connectivity index (χ4n) is 2.21. The van der Waals surface area contributed by atoms with Crippen LogP contribution in [0.5, 0.6) is 5.88 Å². The minimum absolute atomic E-state index is 0.0719. The summed E-state index contributed by atoms with van der Waals surface area (Å²) in [6, 6.07) is 3.50. The maximum atomic E-state index is 11.9. The highest BCUT2D eigenvalue weighted by Crippen LogP contribution is 2.30. The van der Waals surface area contributed by atoms with Gasteiger partial charge in [0.25, 0.3) is 0 Å². The van der Waals surface area contributed by atoms with Gasteiger partial charge >= 0.3 is 0 Å². The van der Waals surface area contributed by atoms with E-state index < -0.39 is 0 Å². The molecule has 1 aromatic heterocycles. The molecule has 1 amide bonds. The van der Waals surface area contributed by atoms with E-state index in [1.165, 1.54) is 6.42 Å². The Morgan fingerprint density at radius 2 is 2.17 bits per heavy atom. The minimum Gasteiger partial charge on any atom is -0.471 e. The lowest BCUT2D eigenvalue weighted by molar-refractivity contribution is -0.147. The molecule has 0 unspecified atom stereocenters. The third-order valence-electron chi connectivity index (χ3n) is 3.60. The Kier molecular flexibility index (Phi) is 3.12. The van der Waals surface area contributed by atoms with E-state index in [9.17, 15) is 4.79 Å². The summed E-state index contributed by atoms with van der Waals surface area (Å²) < 4.78 is 5.65. The number of nitrogens with zero attached hydrogens (tertiary/aromatic N) is 2. The summed E-state index contributed by atoms with van der Waals surface area (Å²) in [5.41, 5.74) is 0. The zero-order chi connectivity index (χ0) is 12.5. The van der Waals surface area contributed by atoms with E-state index in [0.717, 1.165) is 12.8 Å². The van der Waals surface area contributed by atoms with E-state index in [-0.39, 0.29) is 12.0 Å². The molecule has 3 rings (SSSR count). The summed E-state index contributed by atoms with van der Waals surface area (Å²) in [4.78, 5) is 17.8. The zero-order valence-corrected chi connectivity index (χ0v) is 10.8. The second-order valence-electron chi connectivity index (χ2n) is 4.93. The van der Waals surface area contributed by atoms with Gasteiger partial charge in [0.15, 0.2) is 0 Å². The number of hydrogen-bond acceptors (Lipinski definition) is 3. The predicted octanol–water partition coefficient (Wildman–Crippen LogP) is 2.12. The first-order chi connectivity index (χ1) is 8.72. The van der Waals surface area contributed by atoms with Crippen molar-refractivity contribution >= 4 is 17.5 Å². The fraction of sp³-hybridized carbons (Fsp3) is 0.538. The van der Waals surface area contributed by atoms with Crippen molar-refractivity contribution in [2.45, 2.75) is 25.4 Å². The lowest BCUT2D eigenvalue weighted by Crippen LogP contribution is -2.58. The van der Waals surface area contributed by atoms with E-state index in [4.69, 9.17) is 16.3 Å². The van der Waals surface area contributed by atoms with Crippen LogP contribution in [-0.4, -0.2) is 35.0 Å². The number of carbonyl (C=O) groups excluding carboxylic acids is 1. The standard InChI is InChI=1S/C13H15ClN2O2/c14-10-4-5-12(15-6-10)18-11-7-16(8-11)13(17)9-2-1-3-9/h4-6,9,11H,1-3,7-8H2. The molecule has 18 heavy (non-hydrogen) atoms. The number of amides is 1. The van der Waals surface area contributed by atoms with Crippen LogP contribution in [0.2, 0.25) is 5.02 Å². The van der Waals surface area contributed by atoms with Crippen LogP contribution >= 0.6 is 11.6 Å². The summed E-state index contributed by atoms with van der Waals surface area (Å²) in [7, 11) is 0. The number of aromatic nitrogens is 1. The van der Waals surface area contributed by atoms with Gasteiger partial charge in [0.1, 0.15) is 6.10 Å². The molecule has 1 aromatic rings. The summed E-state index contributed by atoms with van der Waals surface area (Å²) in [5, 5.41) is 0.595. The van der Waals surface area contributed by atoms with Crippen LogP contribution in [0, 0.1) is 5.92 Å². The molecule has 0 bridgehead atoms. The summed E-state index contributed by atoms with van der Waals surface area (Å²) in [6.45, 7) is 1.36. The first kappa shape index (κ1) is 11.8. The molecule has 0 spiro atoms. The molecule has 2 fully saturated rings. The Labute approximate surface area is 111 Å². The van der Waals surface area contributed by atoms with Gasteiger partial charge in [0.05, 0.1) is 18.1 Å². The van der Waals surface area contributed by atoms with Gasteiger partial charge in [-0.3, -0.25) is 4.79 Å². The van der Waals surface area contributed by atoms with Crippen LogP contribution in [0.3, 0.4) is 0 Å². The fourth-order valence-corrected chi connectivity index (χ4v) is 2.32. The lowest BCUT2D eigenvalue weighted by Gasteiger charge is -2.42.